The molecule has 0 radical (unpaired) electrons. The summed E-state index contributed by atoms with van der Waals surface area (Å²) in [6.45, 7) is 6.58. The number of amides is 1. The van der Waals surface area contributed by atoms with Crippen molar-refractivity contribution in [2.24, 2.45) is 0 Å². The first-order valence-electron chi connectivity index (χ1n) is 8.54. The van der Waals surface area contributed by atoms with E-state index in [1.807, 2.05) is 24.3 Å². The van der Waals surface area contributed by atoms with Crippen LogP contribution in [0.4, 0.5) is 0 Å². The molecule has 0 unspecified atom stereocenters. The van der Waals surface area contributed by atoms with Gasteiger partial charge >= 0.3 is 0 Å². The molecule has 0 bridgehead atoms. The fourth-order valence-corrected chi connectivity index (χ4v) is 3.14. The molecule has 1 atom stereocenters. The molecular weight excluding hydrogens is 298 g/mol. The normalized spacial score (nSPS) is 16.5. The molecule has 0 saturated carbocycles. The summed E-state index contributed by atoms with van der Waals surface area (Å²) in [5.41, 5.74) is 3.94. The van der Waals surface area contributed by atoms with Crippen LogP contribution in [0.1, 0.15) is 49.9 Å². The Morgan fingerprint density at radius 1 is 1.12 bits per heavy atom. The number of rotatable bonds is 4. The van der Waals surface area contributed by atoms with Gasteiger partial charge in [0, 0.05) is 0 Å². The first-order valence-corrected chi connectivity index (χ1v) is 8.54. The zero-order chi connectivity index (χ0) is 17.2. The summed E-state index contributed by atoms with van der Waals surface area (Å²) in [5.74, 6) is 0.654. The van der Waals surface area contributed by atoms with Crippen molar-refractivity contribution in [2.75, 3.05) is 6.61 Å². The predicted molar refractivity (Wildman–Crippen MR) is 96.3 cm³/mol. The number of aryl methyl sites for hydroxylation is 1. The predicted octanol–water partition coefficient (Wildman–Crippen LogP) is 4.17. The summed E-state index contributed by atoms with van der Waals surface area (Å²) in [6, 6.07) is 16.4. The van der Waals surface area contributed by atoms with Crippen LogP contribution < -0.4 is 10.1 Å². The molecule has 0 spiro atoms. The second-order valence-corrected chi connectivity index (χ2v) is 7.42. The van der Waals surface area contributed by atoms with Gasteiger partial charge in [0.2, 0.25) is 0 Å². The number of hydrogen-bond donors (Lipinski definition) is 1. The summed E-state index contributed by atoms with van der Waals surface area (Å²) in [6.07, 6.45) is 1.99. The van der Waals surface area contributed by atoms with E-state index in [4.69, 9.17) is 4.74 Å². The molecule has 3 nitrogen and oxygen atoms in total. The van der Waals surface area contributed by atoms with Gasteiger partial charge in [-0.15, -0.1) is 0 Å². The van der Waals surface area contributed by atoms with Gasteiger partial charge in [-0.05, 0) is 47.1 Å². The first kappa shape index (κ1) is 16.6. The van der Waals surface area contributed by atoms with Gasteiger partial charge in [0.25, 0.3) is 5.91 Å². The highest BCUT2D eigenvalue weighted by atomic mass is 16.5. The van der Waals surface area contributed by atoms with Gasteiger partial charge < -0.3 is 10.1 Å². The van der Waals surface area contributed by atoms with Gasteiger partial charge in [0.1, 0.15) is 5.75 Å². The Hall–Kier alpha value is -2.29. The van der Waals surface area contributed by atoms with Crippen molar-refractivity contribution in [3.8, 4) is 5.75 Å². The highest BCUT2D eigenvalue weighted by Crippen LogP contribution is 2.30. The van der Waals surface area contributed by atoms with E-state index in [0.717, 1.165) is 18.6 Å². The van der Waals surface area contributed by atoms with Crippen molar-refractivity contribution >= 4 is 5.91 Å². The second kappa shape index (κ2) is 6.68. The molecular formula is C21H25NO2. The van der Waals surface area contributed by atoms with E-state index in [2.05, 4.69) is 50.4 Å². The summed E-state index contributed by atoms with van der Waals surface area (Å²) < 4.78 is 5.62. The van der Waals surface area contributed by atoms with Crippen LogP contribution in [-0.4, -0.2) is 12.5 Å². The zero-order valence-corrected chi connectivity index (χ0v) is 14.6. The number of nitrogens with one attached hydrogen (secondary N) is 1. The molecule has 0 fully saturated rings. The minimum Gasteiger partial charge on any atom is -0.484 e. The fourth-order valence-electron chi connectivity index (χ4n) is 3.14. The smallest absolute Gasteiger partial charge is 0.258 e. The number of fused-ring (bicyclic) bond motifs is 1. The van der Waals surface area contributed by atoms with E-state index in [0.29, 0.717) is 0 Å². The molecule has 1 N–H and O–H groups in total. The zero-order valence-electron chi connectivity index (χ0n) is 14.6. The number of hydrogen-bond acceptors (Lipinski definition) is 2. The van der Waals surface area contributed by atoms with E-state index in [9.17, 15) is 4.79 Å². The molecule has 0 aliphatic heterocycles. The quantitative estimate of drug-likeness (QED) is 0.917. The van der Waals surface area contributed by atoms with Crippen molar-refractivity contribution in [1.82, 2.24) is 5.32 Å². The maximum absolute atomic E-state index is 12.2. The Morgan fingerprint density at radius 2 is 1.83 bits per heavy atom. The van der Waals surface area contributed by atoms with Crippen LogP contribution in [0.3, 0.4) is 0 Å². The lowest BCUT2D eigenvalue weighted by atomic mass is 9.87. The third-order valence-electron chi connectivity index (χ3n) is 4.56. The summed E-state index contributed by atoms with van der Waals surface area (Å²) in [4.78, 5) is 12.2. The average Bonchev–Trinajstić information content (AvgIpc) is 2.96. The van der Waals surface area contributed by atoms with E-state index >= 15 is 0 Å². The molecule has 0 heterocycles. The molecule has 2 aromatic carbocycles. The lowest BCUT2D eigenvalue weighted by Crippen LogP contribution is -2.31. The van der Waals surface area contributed by atoms with Crippen LogP contribution in [0.15, 0.2) is 48.5 Å². The molecule has 0 aromatic heterocycles. The van der Waals surface area contributed by atoms with Crippen molar-refractivity contribution in [1.29, 1.82) is 0 Å². The molecule has 2 aromatic rings. The Kier molecular flexibility index (Phi) is 4.61. The molecule has 1 aliphatic rings. The molecule has 1 amide bonds. The number of ether oxygens (including phenoxy) is 1. The molecule has 126 valence electrons. The van der Waals surface area contributed by atoms with Crippen molar-refractivity contribution in [3.63, 3.8) is 0 Å². The number of carbonyl (C=O) groups excluding carboxylic acids is 1. The van der Waals surface area contributed by atoms with Crippen molar-refractivity contribution < 1.29 is 9.53 Å². The summed E-state index contributed by atoms with van der Waals surface area (Å²) in [7, 11) is 0. The lowest BCUT2D eigenvalue weighted by Gasteiger charge is -2.19. The van der Waals surface area contributed by atoms with Crippen LogP contribution in [0.5, 0.6) is 5.75 Å². The maximum atomic E-state index is 12.2. The minimum atomic E-state index is -0.0726. The maximum Gasteiger partial charge on any atom is 0.258 e. The highest BCUT2D eigenvalue weighted by molar-refractivity contribution is 5.78. The Balaban J connectivity index is 1.53. The molecule has 1 aliphatic carbocycles. The topological polar surface area (TPSA) is 38.3 Å². The van der Waals surface area contributed by atoms with E-state index < -0.39 is 0 Å². The highest BCUT2D eigenvalue weighted by Gasteiger charge is 2.23. The third kappa shape index (κ3) is 3.78. The monoisotopic (exact) mass is 323 g/mol. The van der Waals surface area contributed by atoms with Crippen LogP contribution >= 0.6 is 0 Å². The lowest BCUT2D eigenvalue weighted by molar-refractivity contribution is -0.123. The fraction of sp³-hybridized carbons (Fsp3) is 0.381. The van der Waals surface area contributed by atoms with Gasteiger partial charge in [0.05, 0.1) is 6.04 Å². The van der Waals surface area contributed by atoms with Crippen LogP contribution in [0, 0.1) is 0 Å². The van der Waals surface area contributed by atoms with Gasteiger partial charge in [-0.25, -0.2) is 0 Å². The Labute approximate surface area is 144 Å². The number of benzene rings is 2. The molecule has 3 rings (SSSR count). The Bertz CT molecular complexity index is 713. The molecule has 3 heteroatoms. The third-order valence-corrected chi connectivity index (χ3v) is 4.56. The van der Waals surface area contributed by atoms with Crippen LogP contribution in [0.25, 0.3) is 0 Å². The number of carbonyl (C=O) groups is 1. The summed E-state index contributed by atoms with van der Waals surface area (Å²) >= 11 is 0. The summed E-state index contributed by atoms with van der Waals surface area (Å²) in [5, 5.41) is 3.08. The van der Waals surface area contributed by atoms with Gasteiger partial charge in [-0.1, -0.05) is 57.2 Å². The van der Waals surface area contributed by atoms with E-state index in [-0.39, 0.29) is 24.0 Å². The van der Waals surface area contributed by atoms with Crippen molar-refractivity contribution in [2.45, 2.75) is 45.1 Å². The SMILES string of the molecule is CC(C)(C)c1ccc(OCC(=O)N[C@@H]2CCc3ccccc32)cc1. The van der Waals surface area contributed by atoms with E-state index in [1.165, 1.54) is 16.7 Å². The van der Waals surface area contributed by atoms with E-state index in [1.54, 1.807) is 0 Å². The second-order valence-electron chi connectivity index (χ2n) is 7.42. The average molecular weight is 323 g/mol. The Morgan fingerprint density at radius 3 is 2.54 bits per heavy atom. The molecule has 24 heavy (non-hydrogen) atoms. The first-order chi connectivity index (χ1) is 11.4. The van der Waals surface area contributed by atoms with Crippen LogP contribution in [0.2, 0.25) is 0 Å². The molecule has 0 saturated heterocycles. The van der Waals surface area contributed by atoms with Gasteiger partial charge in [-0.3, -0.25) is 4.79 Å². The standard InChI is InChI=1S/C21H25NO2/c1-21(2,3)16-9-11-17(12-10-16)24-14-20(23)22-19-13-8-15-6-4-5-7-18(15)19/h4-7,9-12,19H,8,13-14H2,1-3H3,(H,22,23)/t19-/m1/s1. The largest absolute Gasteiger partial charge is 0.484 e. The van der Waals surface area contributed by atoms with Gasteiger partial charge in [-0.2, -0.15) is 0 Å². The van der Waals surface area contributed by atoms with Gasteiger partial charge in [0.15, 0.2) is 6.61 Å². The van der Waals surface area contributed by atoms with Crippen LogP contribution in [-0.2, 0) is 16.6 Å². The van der Waals surface area contributed by atoms with Crippen molar-refractivity contribution in [3.05, 3.63) is 65.2 Å². The minimum absolute atomic E-state index is 0.0491.